The molecule has 2 aromatic rings. The second kappa shape index (κ2) is 8.58. The van der Waals surface area contributed by atoms with Crippen LogP contribution in [0.25, 0.3) is 0 Å². The molecule has 0 saturated heterocycles. The van der Waals surface area contributed by atoms with E-state index in [4.69, 9.17) is 0 Å². The first-order valence-corrected chi connectivity index (χ1v) is 7.81. The highest BCUT2D eigenvalue weighted by Crippen LogP contribution is 2.18. The average Bonchev–Trinajstić information content (AvgIpc) is 2.59. The van der Waals surface area contributed by atoms with Crippen LogP contribution in [0.2, 0.25) is 0 Å². The maximum Gasteiger partial charge on any atom is 0.252 e. The number of benzene rings is 1. The van der Waals surface area contributed by atoms with E-state index in [0.717, 1.165) is 0 Å². The van der Waals surface area contributed by atoms with Crippen molar-refractivity contribution >= 4 is 29.1 Å². The minimum absolute atomic E-state index is 0.136. The lowest BCUT2D eigenvalue weighted by molar-refractivity contribution is -0.116. The van der Waals surface area contributed by atoms with E-state index in [2.05, 4.69) is 15.6 Å². The van der Waals surface area contributed by atoms with Gasteiger partial charge in [0.1, 0.15) is 0 Å². The van der Waals surface area contributed by atoms with Crippen molar-refractivity contribution in [3.8, 4) is 0 Å². The third-order valence-electron chi connectivity index (χ3n) is 3.42. The minimum atomic E-state index is -0.238. The van der Waals surface area contributed by atoms with Gasteiger partial charge in [-0.2, -0.15) is 0 Å². The van der Waals surface area contributed by atoms with Crippen molar-refractivity contribution in [2.24, 2.45) is 0 Å². The third-order valence-corrected chi connectivity index (χ3v) is 3.42. The van der Waals surface area contributed by atoms with Gasteiger partial charge in [-0.1, -0.05) is 0 Å². The summed E-state index contributed by atoms with van der Waals surface area (Å²) >= 11 is 0. The molecule has 0 aliphatic carbocycles. The number of rotatable bonds is 6. The van der Waals surface area contributed by atoms with E-state index in [0.29, 0.717) is 30.0 Å². The monoisotopic (exact) mass is 340 g/mol. The van der Waals surface area contributed by atoms with Crippen molar-refractivity contribution in [1.29, 1.82) is 0 Å². The van der Waals surface area contributed by atoms with Gasteiger partial charge in [0.2, 0.25) is 11.8 Å². The highest BCUT2D eigenvalue weighted by Gasteiger charge is 2.12. The van der Waals surface area contributed by atoms with Crippen LogP contribution in [0.4, 0.5) is 11.4 Å². The maximum absolute atomic E-state index is 12.0. The van der Waals surface area contributed by atoms with E-state index in [9.17, 15) is 14.4 Å². The third kappa shape index (κ3) is 5.42. The average molecular weight is 340 g/mol. The summed E-state index contributed by atoms with van der Waals surface area (Å²) < 4.78 is 0. The fourth-order valence-corrected chi connectivity index (χ4v) is 2.28. The molecule has 0 fully saturated rings. The Balaban J connectivity index is 1.95. The SMILES string of the molecule is CC(=O)Nc1ccc(N(CCNC(=O)c2cccnc2)C(C)=O)cc1. The smallest absolute Gasteiger partial charge is 0.252 e. The number of nitrogens with one attached hydrogen (secondary N) is 2. The van der Waals surface area contributed by atoms with E-state index in [1.54, 1.807) is 47.5 Å². The highest BCUT2D eigenvalue weighted by molar-refractivity contribution is 5.94. The first-order valence-electron chi connectivity index (χ1n) is 7.81. The molecule has 0 atom stereocenters. The van der Waals surface area contributed by atoms with Gasteiger partial charge in [-0.25, -0.2) is 0 Å². The van der Waals surface area contributed by atoms with Crippen molar-refractivity contribution in [1.82, 2.24) is 10.3 Å². The summed E-state index contributed by atoms with van der Waals surface area (Å²) in [5.74, 6) is -0.533. The van der Waals surface area contributed by atoms with Crippen LogP contribution < -0.4 is 15.5 Å². The lowest BCUT2D eigenvalue weighted by Gasteiger charge is -2.21. The Morgan fingerprint density at radius 3 is 2.36 bits per heavy atom. The predicted molar refractivity (Wildman–Crippen MR) is 95.3 cm³/mol. The van der Waals surface area contributed by atoms with E-state index >= 15 is 0 Å². The molecule has 1 aromatic heterocycles. The highest BCUT2D eigenvalue weighted by atomic mass is 16.2. The number of carbonyl (C=O) groups is 3. The quantitative estimate of drug-likeness (QED) is 0.839. The molecule has 1 aromatic carbocycles. The zero-order chi connectivity index (χ0) is 18.2. The summed E-state index contributed by atoms with van der Waals surface area (Å²) in [7, 11) is 0. The topological polar surface area (TPSA) is 91.4 Å². The molecule has 0 spiro atoms. The van der Waals surface area contributed by atoms with Crippen LogP contribution >= 0.6 is 0 Å². The van der Waals surface area contributed by atoms with Crippen molar-refractivity contribution in [2.75, 3.05) is 23.3 Å². The van der Waals surface area contributed by atoms with Gasteiger partial charge in [0, 0.05) is 50.7 Å². The number of hydrogen-bond acceptors (Lipinski definition) is 4. The van der Waals surface area contributed by atoms with Crippen LogP contribution in [-0.4, -0.2) is 35.8 Å². The normalized spacial score (nSPS) is 10.0. The summed E-state index contributed by atoms with van der Waals surface area (Å²) in [4.78, 5) is 40.4. The number of anilines is 2. The van der Waals surface area contributed by atoms with Crippen molar-refractivity contribution in [2.45, 2.75) is 13.8 Å². The fourth-order valence-electron chi connectivity index (χ4n) is 2.28. The summed E-state index contributed by atoms with van der Waals surface area (Å²) in [5, 5.41) is 5.43. The number of carbonyl (C=O) groups excluding carboxylic acids is 3. The van der Waals surface area contributed by atoms with Gasteiger partial charge >= 0.3 is 0 Å². The Kier molecular flexibility index (Phi) is 6.22. The van der Waals surface area contributed by atoms with Crippen molar-refractivity contribution < 1.29 is 14.4 Å². The number of amides is 3. The van der Waals surface area contributed by atoms with Gasteiger partial charge < -0.3 is 15.5 Å². The Hall–Kier alpha value is -3.22. The molecule has 2 rings (SSSR count). The maximum atomic E-state index is 12.0. The van der Waals surface area contributed by atoms with E-state index in [1.807, 2.05) is 0 Å². The molecule has 0 radical (unpaired) electrons. The first-order chi connectivity index (χ1) is 12.0. The Bertz CT molecular complexity index is 745. The van der Waals surface area contributed by atoms with Gasteiger partial charge in [0.25, 0.3) is 5.91 Å². The lowest BCUT2D eigenvalue weighted by Crippen LogP contribution is -2.37. The van der Waals surface area contributed by atoms with Crippen LogP contribution in [0.5, 0.6) is 0 Å². The molecule has 0 unspecified atom stereocenters. The second-order valence-corrected chi connectivity index (χ2v) is 5.40. The second-order valence-electron chi connectivity index (χ2n) is 5.40. The van der Waals surface area contributed by atoms with E-state index < -0.39 is 0 Å². The van der Waals surface area contributed by atoms with Crippen molar-refractivity contribution in [3.05, 3.63) is 54.4 Å². The van der Waals surface area contributed by atoms with Crippen LogP contribution in [-0.2, 0) is 9.59 Å². The number of pyridine rings is 1. The van der Waals surface area contributed by atoms with Crippen molar-refractivity contribution in [3.63, 3.8) is 0 Å². The molecule has 7 nitrogen and oxygen atoms in total. The molecule has 2 N–H and O–H groups in total. The van der Waals surface area contributed by atoms with Crippen LogP contribution in [0.1, 0.15) is 24.2 Å². The Morgan fingerprint density at radius 2 is 1.80 bits per heavy atom. The van der Waals surface area contributed by atoms with Gasteiger partial charge in [0.05, 0.1) is 5.56 Å². The van der Waals surface area contributed by atoms with Gasteiger partial charge in [-0.3, -0.25) is 19.4 Å². The van der Waals surface area contributed by atoms with E-state index in [1.165, 1.54) is 20.0 Å². The Morgan fingerprint density at radius 1 is 1.08 bits per heavy atom. The molecule has 3 amide bonds. The standard InChI is InChI=1S/C18H20N4O3/c1-13(23)21-16-5-7-17(8-6-16)22(14(2)24)11-10-20-18(25)15-4-3-9-19-12-15/h3-9,12H,10-11H2,1-2H3,(H,20,25)(H,21,23). The van der Waals surface area contributed by atoms with Crippen LogP contribution in [0, 0.1) is 0 Å². The van der Waals surface area contributed by atoms with Crippen LogP contribution in [0.3, 0.4) is 0 Å². The molecule has 0 saturated carbocycles. The number of nitrogens with zero attached hydrogens (tertiary/aromatic N) is 2. The molecule has 0 bridgehead atoms. The molecular formula is C18H20N4O3. The summed E-state index contributed by atoms with van der Waals surface area (Å²) in [6, 6.07) is 10.3. The minimum Gasteiger partial charge on any atom is -0.350 e. The Labute approximate surface area is 146 Å². The molecule has 7 heteroatoms. The number of hydrogen-bond donors (Lipinski definition) is 2. The molecule has 130 valence electrons. The molecule has 0 aliphatic heterocycles. The van der Waals surface area contributed by atoms with Gasteiger partial charge in [0.15, 0.2) is 0 Å². The molecular weight excluding hydrogens is 320 g/mol. The molecule has 1 heterocycles. The molecule has 0 aliphatic rings. The van der Waals surface area contributed by atoms with Gasteiger partial charge in [-0.05, 0) is 36.4 Å². The lowest BCUT2D eigenvalue weighted by atomic mass is 10.2. The van der Waals surface area contributed by atoms with Crippen LogP contribution in [0.15, 0.2) is 48.8 Å². The van der Waals surface area contributed by atoms with E-state index in [-0.39, 0.29) is 17.7 Å². The summed E-state index contributed by atoms with van der Waals surface area (Å²) in [5.41, 5.74) is 1.82. The zero-order valence-corrected chi connectivity index (χ0v) is 14.2. The summed E-state index contributed by atoms with van der Waals surface area (Å²) in [6.45, 7) is 3.53. The number of aromatic nitrogens is 1. The summed E-state index contributed by atoms with van der Waals surface area (Å²) in [6.07, 6.45) is 3.08. The largest absolute Gasteiger partial charge is 0.350 e. The van der Waals surface area contributed by atoms with Gasteiger partial charge in [-0.15, -0.1) is 0 Å². The fraction of sp³-hybridized carbons (Fsp3) is 0.222. The predicted octanol–water partition coefficient (Wildman–Crippen LogP) is 1.82. The first kappa shape index (κ1) is 18.1. The zero-order valence-electron chi connectivity index (χ0n) is 14.2. The molecule has 25 heavy (non-hydrogen) atoms.